The first kappa shape index (κ1) is 17.5. The van der Waals surface area contributed by atoms with E-state index in [9.17, 15) is 4.79 Å². The van der Waals surface area contributed by atoms with Crippen LogP contribution in [0, 0.1) is 0 Å². The molecule has 132 valence electrons. The van der Waals surface area contributed by atoms with Crippen molar-refractivity contribution in [2.45, 2.75) is 0 Å². The lowest BCUT2D eigenvalue weighted by atomic mass is 10.1. The highest BCUT2D eigenvalue weighted by molar-refractivity contribution is 6.31. The molecule has 2 heterocycles. The molecule has 0 unspecified atom stereocenters. The number of pyridine rings is 2. The number of aromatic nitrogens is 2. The van der Waals surface area contributed by atoms with E-state index in [-0.39, 0.29) is 5.91 Å². The molecule has 0 saturated carbocycles. The Morgan fingerprint density at radius 1 is 0.815 bits per heavy atom. The largest absolute Gasteiger partial charge is 0.306 e. The van der Waals surface area contributed by atoms with Crippen LogP contribution in [0.5, 0.6) is 0 Å². The monoisotopic (exact) mass is 393 g/mol. The predicted molar refractivity (Wildman–Crippen MR) is 109 cm³/mol. The van der Waals surface area contributed by atoms with Gasteiger partial charge in [0.2, 0.25) is 0 Å². The Bertz CT molecular complexity index is 1140. The molecule has 6 heteroatoms. The molecular formula is C21H13Cl2N3O. The number of fused-ring (bicyclic) bond motifs is 1. The third-order valence-corrected chi connectivity index (χ3v) is 4.51. The lowest BCUT2D eigenvalue weighted by Crippen LogP contribution is -2.12. The van der Waals surface area contributed by atoms with E-state index in [1.165, 1.54) is 0 Å². The van der Waals surface area contributed by atoms with E-state index >= 15 is 0 Å². The van der Waals surface area contributed by atoms with Gasteiger partial charge in [0.25, 0.3) is 5.91 Å². The Morgan fingerprint density at radius 3 is 2.37 bits per heavy atom. The SMILES string of the molecule is O=C(Nc1ccc2ccc(-c3ccc(Cl)cc3)nc2n1)c1cccc(Cl)c1. The summed E-state index contributed by atoms with van der Waals surface area (Å²) >= 11 is 11.9. The summed E-state index contributed by atoms with van der Waals surface area (Å²) in [6, 6.07) is 21.7. The maximum absolute atomic E-state index is 12.4. The smallest absolute Gasteiger partial charge is 0.256 e. The van der Waals surface area contributed by atoms with Crippen molar-refractivity contribution in [2.75, 3.05) is 5.32 Å². The molecule has 4 nitrogen and oxygen atoms in total. The van der Waals surface area contributed by atoms with Crippen LogP contribution in [0.2, 0.25) is 10.0 Å². The number of hydrogen-bond acceptors (Lipinski definition) is 3. The zero-order valence-electron chi connectivity index (χ0n) is 14.0. The highest BCUT2D eigenvalue weighted by Crippen LogP contribution is 2.23. The Kier molecular flexibility index (Phi) is 4.75. The Morgan fingerprint density at radius 2 is 1.59 bits per heavy atom. The molecular weight excluding hydrogens is 381 g/mol. The molecule has 0 aliphatic rings. The average Bonchev–Trinajstić information content (AvgIpc) is 2.68. The van der Waals surface area contributed by atoms with E-state index in [2.05, 4.69) is 15.3 Å². The molecule has 0 spiro atoms. The summed E-state index contributed by atoms with van der Waals surface area (Å²) in [6.07, 6.45) is 0. The van der Waals surface area contributed by atoms with Gasteiger partial charge >= 0.3 is 0 Å². The van der Waals surface area contributed by atoms with Gasteiger partial charge < -0.3 is 5.32 Å². The Balaban J connectivity index is 1.64. The second-order valence-electron chi connectivity index (χ2n) is 5.91. The lowest BCUT2D eigenvalue weighted by Gasteiger charge is -2.07. The summed E-state index contributed by atoms with van der Waals surface area (Å²) in [4.78, 5) is 21.4. The van der Waals surface area contributed by atoms with Gasteiger partial charge in [-0.15, -0.1) is 0 Å². The Hall–Kier alpha value is -2.95. The number of nitrogens with one attached hydrogen (secondary N) is 1. The van der Waals surface area contributed by atoms with Crippen molar-refractivity contribution in [1.82, 2.24) is 9.97 Å². The summed E-state index contributed by atoms with van der Waals surface area (Å²) in [5.41, 5.74) is 2.74. The van der Waals surface area contributed by atoms with Gasteiger partial charge in [0.15, 0.2) is 5.65 Å². The highest BCUT2D eigenvalue weighted by atomic mass is 35.5. The van der Waals surface area contributed by atoms with Gasteiger partial charge in [0.05, 0.1) is 5.69 Å². The second kappa shape index (κ2) is 7.35. The van der Waals surface area contributed by atoms with E-state index in [4.69, 9.17) is 23.2 Å². The van der Waals surface area contributed by atoms with Crippen molar-refractivity contribution >= 4 is 46.0 Å². The van der Waals surface area contributed by atoms with Crippen LogP contribution in [0.15, 0.2) is 72.8 Å². The van der Waals surface area contributed by atoms with Gasteiger partial charge in [-0.1, -0.05) is 41.4 Å². The quantitative estimate of drug-likeness (QED) is 0.474. The van der Waals surface area contributed by atoms with E-state index < -0.39 is 0 Å². The molecule has 0 aliphatic carbocycles. The van der Waals surface area contributed by atoms with Gasteiger partial charge in [-0.05, 0) is 54.6 Å². The van der Waals surface area contributed by atoms with Crippen molar-refractivity contribution in [3.05, 3.63) is 88.4 Å². The average molecular weight is 394 g/mol. The molecule has 0 fully saturated rings. The first-order valence-electron chi connectivity index (χ1n) is 8.19. The predicted octanol–water partition coefficient (Wildman–Crippen LogP) is 5.86. The van der Waals surface area contributed by atoms with E-state index in [1.54, 1.807) is 30.3 Å². The van der Waals surface area contributed by atoms with E-state index in [1.807, 2.05) is 42.5 Å². The summed E-state index contributed by atoms with van der Waals surface area (Å²) < 4.78 is 0. The molecule has 1 N–H and O–H groups in total. The number of amides is 1. The number of hydrogen-bond donors (Lipinski definition) is 1. The molecule has 0 saturated heterocycles. The molecule has 2 aromatic carbocycles. The van der Waals surface area contributed by atoms with Crippen molar-refractivity contribution in [2.24, 2.45) is 0 Å². The summed E-state index contributed by atoms with van der Waals surface area (Å²) in [6.45, 7) is 0. The van der Waals surface area contributed by atoms with Crippen LogP contribution in [0.4, 0.5) is 5.82 Å². The van der Waals surface area contributed by atoms with E-state index in [0.717, 1.165) is 16.6 Å². The van der Waals surface area contributed by atoms with Crippen LogP contribution in [-0.2, 0) is 0 Å². The maximum atomic E-state index is 12.4. The van der Waals surface area contributed by atoms with Crippen molar-refractivity contribution in [3.63, 3.8) is 0 Å². The van der Waals surface area contributed by atoms with Crippen molar-refractivity contribution in [1.29, 1.82) is 0 Å². The minimum absolute atomic E-state index is 0.279. The van der Waals surface area contributed by atoms with E-state index in [0.29, 0.717) is 27.1 Å². The van der Waals surface area contributed by atoms with Crippen LogP contribution in [-0.4, -0.2) is 15.9 Å². The molecule has 4 rings (SSSR count). The van der Waals surface area contributed by atoms with Crippen LogP contribution in [0.1, 0.15) is 10.4 Å². The minimum atomic E-state index is -0.279. The molecule has 2 aromatic heterocycles. The fourth-order valence-corrected chi connectivity index (χ4v) is 2.98. The summed E-state index contributed by atoms with van der Waals surface area (Å²) in [5, 5.41) is 4.83. The zero-order valence-corrected chi connectivity index (χ0v) is 15.5. The van der Waals surface area contributed by atoms with Crippen LogP contribution in [0.25, 0.3) is 22.3 Å². The molecule has 4 aromatic rings. The fourth-order valence-electron chi connectivity index (χ4n) is 2.67. The van der Waals surface area contributed by atoms with Crippen LogP contribution in [0.3, 0.4) is 0 Å². The summed E-state index contributed by atoms with van der Waals surface area (Å²) in [5.74, 6) is 0.145. The number of carbonyl (C=O) groups excluding carboxylic acids is 1. The standard InChI is InChI=1S/C21H13Cl2N3O/c22-16-8-4-13(5-9-16)18-10-6-14-7-11-19(25-20(14)24-18)26-21(27)15-2-1-3-17(23)12-15/h1-12H,(H,24,25,26,27). The number of anilines is 1. The third-order valence-electron chi connectivity index (χ3n) is 4.02. The topological polar surface area (TPSA) is 54.9 Å². The van der Waals surface area contributed by atoms with Gasteiger partial charge in [-0.2, -0.15) is 0 Å². The van der Waals surface area contributed by atoms with Crippen molar-refractivity contribution < 1.29 is 4.79 Å². The molecule has 0 atom stereocenters. The number of benzene rings is 2. The minimum Gasteiger partial charge on any atom is -0.306 e. The molecule has 0 bridgehead atoms. The summed E-state index contributed by atoms with van der Waals surface area (Å²) in [7, 11) is 0. The van der Waals surface area contributed by atoms with Crippen molar-refractivity contribution in [3.8, 4) is 11.3 Å². The number of carbonyl (C=O) groups is 1. The highest BCUT2D eigenvalue weighted by Gasteiger charge is 2.09. The van der Waals surface area contributed by atoms with Crippen LogP contribution >= 0.6 is 23.2 Å². The Labute approximate surface area is 165 Å². The van der Waals surface area contributed by atoms with Gasteiger partial charge in [0, 0.05) is 26.6 Å². The molecule has 1 amide bonds. The molecule has 27 heavy (non-hydrogen) atoms. The number of nitrogens with zero attached hydrogens (tertiary/aromatic N) is 2. The fraction of sp³-hybridized carbons (Fsp3) is 0. The first-order chi connectivity index (χ1) is 13.1. The third kappa shape index (κ3) is 3.92. The van der Waals surface area contributed by atoms with Crippen LogP contribution < -0.4 is 5.32 Å². The number of rotatable bonds is 3. The molecule has 0 aliphatic heterocycles. The maximum Gasteiger partial charge on any atom is 0.256 e. The normalized spacial score (nSPS) is 10.7. The van der Waals surface area contributed by atoms with Gasteiger partial charge in [-0.3, -0.25) is 4.79 Å². The second-order valence-corrected chi connectivity index (χ2v) is 6.78. The van der Waals surface area contributed by atoms with Gasteiger partial charge in [0.1, 0.15) is 5.82 Å². The molecule has 0 radical (unpaired) electrons. The zero-order chi connectivity index (χ0) is 18.8. The number of halogens is 2. The van der Waals surface area contributed by atoms with Gasteiger partial charge in [-0.25, -0.2) is 9.97 Å². The lowest BCUT2D eigenvalue weighted by molar-refractivity contribution is 0.102. The first-order valence-corrected chi connectivity index (χ1v) is 8.95.